The monoisotopic (exact) mass is 313 g/mol. The van der Waals surface area contributed by atoms with E-state index < -0.39 is 11.5 Å². The molecule has 0 atom stereocenters. The molecule has 2 heterocycles. The Balaban J connectivity index is 1.83. The van der Waals surface area contributed by atoms with Crippen molar-refractivity contribution in [2.45, 2.75) is 6.54 Å². The third kappa shape index (κ3) is 2.84. The SMILES string of the molecule is O=C(NCc1cccc(Cl)c1)c1cnc2ccccn2c1=O. The highest BCUT2D eigenvalue weighted by molar-refractivity contribution is 6.30. The molecular formula is C16H12ClN3O2. The van der Waals surface area contributed by atoms with Crippen LogP contribution in [0.25, 0.3) is 5.65 Å². The van der Waals surface area contributed by atoms with E-state index in [0.717, 1.165) is 5.56 Å². The Morgan fingerprint density at radius 2 is 2.09 bits per heavy atom. The van der Waals surface area contributed by atoms with Gasteiger partial charge >= 0.3 is 0 Å². The molecule has 2 aromatic heterocycles. The first kappa shape index (κ1) is 14.3. The number of rotatable bonds is 3. The number of carbonyl (C=O) groups excluding carboxylic acids is 1. The number of hydrogen-bond acceptors (Lipinski definition) is 3. The summed E-state index contributed by atoms with van der Waals surface area (Å²) in [5.41, 5.74) is 0.966. The average Bonchev–Trinajstić information content (AvgIpc) is 2.53. The van der Waals surface area contributed by atoms with Crippen LogP contribution >= 0.6 is 11.6 Å². The number of aromatic nitrogens is 2. The Morgan fingerprint density at radius 1 is 1.23 bits per heavy atom. The Kier molecular flexibility index (Phi) is 3.89. The molecule has 22 heavy (non-hydrogen) atoms. The lowest BCUT2D eigenvalue weighted by molar-refractivity contribution is 0.0949. The predicted molar refractivity (Wildman–Crippen MR) is 84.1 cm³/mol. The normalized spacial score (nSPS) is 10.6. The molecule has 3 rings (SSSR count). The van der Waals surface area contributed by atoms with Crippen LogP contribution in [0.2, 0.25) is 5.02 Å². The van der Waals surface area contributed by atoms with Crippen LogP contribution < -0.4 is 10.9 Å². The maximum Gasteiger partial charge on any atom is 0.270 e. The van der Waals surface area contributed by atoms with Crippen LogP contribution in [0.5, 0.6) is 0 Å². The van der Waals surface area contributed by atoms with E-state index in [1.54, 1.807) is 42.6 Å². The molecular weight excluding hydrogens is 302 g/mol. The number of hydrogen-bond donors (Lipinski definition) is 1. The van der Waals surface area contributed by atoms with E-state index in [1.807, 2.05) is 6.07 Å². The number of fused-ring (bicyclic) bond motifs is 1. The standard InChI is InChI=1S/C16H12ClN3O2/c17-12-5-3-4-11(8-12)9-19-15(21)13-10-18-14-6-1-2-7-20(14)16(13)22/h1-8,10H,9H2,(H,19,21). The predicted octanol–water partition coefficient (Wildman–Crippen LogP) is 2.28. The van der Waals surface area contributed by atoms with E-state index in [0.29, 0.717) is 10.7 Å². The van der Waals surface area contributed by atoms with Crippen molar-refractivity contribution in [3.8, 4) is 0 Å². The number of nitrogens with one attached hydrogen (secondary N) is 1. The van der Waals surface area contributed by atoms with Crippen molar-refractivity contribution >= 4 is 23.2 Å². The van der Waals surface area contributed by atoms with Gasteiger partial charge in [-0.2, -0.15) is 0 Å². The van der Waals surface area contributed by atoms with Crippen LogP contribution in [0, 0.1) is 0 Å². The lowest BCUT2D eigenvalue weighted by Crippen LogP contribution is -2.31. The van der Waals surface area contributed by atoms with Crippen LogP contribution in [0.4, 0.5) is 0 Å². The van der Waals surface area contributed by atoms with E-state index >= 15 is 0 Å². The second-order valence-electron chi connectivity index (χ2n) is 4.72. The quantitative estimate of drug-likeness (QED) is 0.807. The van der Waals surface area contributed by atoms with Gasteiger partial charge in [0.05, 0.1) is 0 Å². The van der Waals surface area contributed by atoms with E-state index in [9.17, 15) is 9.59 Å². The molecule has 6 heteroatoms. The van der Waals surface area contributed by atoms with Crippen molar-refractivity contribution in [3.05, 3.63) is 81.4 Å². The zero-order valence-electron chi connectivity index (χ0n) is 11.5. The molecule has 0 saturated carbocycles. The highest BCUT2D eigenvalue weighted by Gasteiger charge is 2.12. The number of carbonyl (C=O) groups is 1. The largest absolute Gasteiger partial charge is 0.348 e. The van der Waals surface area contributed by atoms with Crippen LogP contribution in [-0.4, -0.2) is 15.3 Å². The maximum absolute atomic E-state index is 12.3. The minimum absolute atomic E-state index is 0.00530. The van der Waals surface area contributed by atoms with Gasteiger partial charge in [0.1, 0.15) is 11.2 Å². The molecule has 3 aromatic rings. The Labute approximate surface area is 131 Å². The number of benzene rings is 1. The van der Waals surface area contributed by atoms with Crippen molar-refractivity contribution < 1.29 is 4.79 Å². The van der Waals surface area contributed by atoms with Gasteiger partial charge < -0.3 is 5.32 Å². The van der Waals surface area contributed by atoms with Gasteiger partial charge in [0.25, 0.3) is 11.5 Å². The van der Waals surface area contributed by atoms with Crippen LogP contribution in [0.3, 0.4) is 0 Å². The van der Waals surface area contributed by atoms with Crippen molar-refractivity contribution in [3.63, 3.8) is 0 Å². The molecule has 5 nitrogen and oxygen atoms in total. The molecule has 0 aliphatic rings. The van der Waals surface area contributed by atoms with Gasteiger partial charge in [-0.3, -0.25) is 14.0 Å². The highest BCUT2D eigenvalue weighted by Crippen LogP contribution is 2.10. The first-order valence-electron chi connectivity index (χ1n) is 6.64. The summed E-state index contributed by atoms with van der Waals surface area (Å²) in [6.07, 6.45) is 2.88. The molecule has 0 bridgehead atoms. The third-order valence-corrected chi connectivity index (χ3v) is 3.44. The van der Waals surface area contributed by atoms with Gasteiger partial charge in [-0.15, -0.1) is 0 Å². The van der Waals surface area contributed by atoms with Crippen LogP contribution in [-0.2, 0) is 6.54 Å². The topological polar surface area (TPSA) is 63.5 Å². The summed E-state index contributed by atoms with van der Waals surface area (Å²) in [6, 6.07) is 12.4. The lowest BCUT2D eigenvalue weighted by Gasteiger charge is -2.06. The summed E-state index contributed by atoms with van der Waals surface area (Å²) >= 11 is 5.89. The van der Waals surface area contributed by atoms with Gasteiger partial charge in [-0.1, -0.05) is 29.8 Å². The zero-order chi connectivity index (χ0) is 15.5. The Morgan fingerprint density at radius 3 is 2.91 bits per heavy atom. The minimum atomic E-state index is -0.462. The summed E-state index contributed by atoms with van der Waals surface area (Å²) in [5, 5.41) is 3.29. The third-order valence-electron chi connectivity index (χ3n) is 3.20. The zero-order valence-corrected chi connectivity index (χ0v) is 12.2. The molecule has 0 aliphatic carbocycles. The Bertz CT molecular complexity index is 905. The molecule has 0 aliphatic heterocycles. The van der Waals surface area contributed by atoms with Gasteiger partial charge in [0.2, 0.25) is 0 Å². The summed E-state index contributed by atoms with van der Waals surface area (Å²) in [4.78, 5) is 28.6. The number of pyridine rings is 1. The molecule has 0 fully saturated rings. The van der Waals surface area contributed by atoms with E-state index in [2.05, 4.69) is 10.3 Å². The molecule has 0 spiro atoms. The first-order chi connectivity index (χ1) is 10.6. The number of halogens is 1. The van der Waals surface area contributed by atoms with Crippen LogP contribution in [0.15, 0.2) is 59.7 Å². The van der Waals surface area contributed by atoms with Crippen molar-refractivity contribution in [1.82, 2.24) is 14.7 Å². The van der Waals surface area contributed by atoms with Gasteiger partial charge in [0, 0.05) is 24.0 Å². The van der Waals surface area contributed by atoms with Gasteiger partial charge in [-0.05, 0) is 29.8 Å². The second kappa shape index (κ2) is 5.99. The molecule has 0 saturated heterocycles. The summed E-state index contributed by atoms with van der Waals surface area (Å²) in [5.74, 6) is -0.462. The smallest absolute Gasteiger partial charge is 0.270 e. The fraction of sp³-hybridized carbons (Fsp3) is 0.0625. The highest BCUT2D eigenvalue weighted by atomic mass is 35.5. The lowest BCUT2D eigenvalue weighted by atomic mass is 10.2. The van der Waals surface area contributed by atoms with Gasteiger partial charge in [-0.25, -0.2) is 4.98 Å². The maximum atomic E-state index is 12.3. The van der Waals surface area contributed by atoms with E-state index in [4.69, 9.17) is 11.6 Å². The molecule has 1 aromatic carbocycles. The number of nitrogens with zero attached hydrogens (tertiary/aromatic N) is 2. The van der Waals surface area contributed by atoms with Crippen molar-refractivity contribution in [1.29, 1.82) is 0 Å². The second-order valence-corrected chi connectivity index (χ2v) is 5.15. The van der Waals surface area contributed by atoms with Crippen molar-refractivity contribution in [2.75, 3.05) is 0 Å². The first-order valence-corrected chi connectivity index (χ1v) is 7.02. The van der Waals surface area contributed by atoms with E-state index in [-0.39, 0.29) is 12.1 Å². The Hall–Kier alpha value is -2.66. The summed E-state index contributed by atoms with van der Waals surface area (Å²) in [7, 11) is 0. The fourth-order valence-corrected chi connectivity index (χ4v) is 2.32. The fourth-order valence-electron chi connectivity index (χ4n) is 2.11. The molecule has 1 N–H and O–H groups in total. The van der Waals surface area contributed by atoms with Gasteiger partial charge in [0.15, 0.2) is 0 Å². The minimum Gasteiger partial charge on any atom is -0.348 e. The van der Waals surface area contributed by atoms with Crippen LogP contribution in [0.1, 0.15) is 15.9 Å². The van der Waals surface area contributed by atoms with Crippen molar-refractivity contribution in [2.24, 2.45) is 0 Å². The molecule has 110 valence electrons. The van der Waals surface area contributed by atoms with E-state index in [1.165, 1.54) is 10.6 Å². The number of amides is 1. The molecule has 0 radical (unpaired) electrons. The molecule has 0 unspecified atom stereocenters. The summed E-state index contributed by atoms with van der Waals surface area (Å²) in [6.45, 7) is 0.288. The molecule has 1 amide bonds. The summed E-state index contributed by atoms with van der Waals surface area (Å²) < 4.78 is 1.34. The average molecular weight is 314 g/mol.